The second-order valence-corrected chi connectivity index (χ2v) is 7.21. The van der Waals surface area contributed by atoms with Gasteiger partial charge in [0.05, 0.1) is 11.1 Å². The average molecular weight is 376 g/mol. The van der Waals surface area contributed by atoms with Crippen LogP contribution in [0.2, 0.25) is 0 Å². The molecule has 0 aliphatic heterocycles. The van der Waals surface area contributed by atoms with Crippen LogP contribution in [0.15, 0.2) is 0 Å². The van der Waals surface area contributed by atoms with Gasteiger partial charge in [0.25, 0.3) is 0 Å². The standard InChI is InChI=1S/C20H20N6O2/c21-9-13-11-5-1-3-7-15(11)23-17(13)25-19(27)20(28)26-18-14(10-22)12-6-2-4-8-16(12)24-18/h23-24H,1-8H2,(H,25,27)(H,26,28). The van der Waals surface area contributed by atoms with E-state index in [2.05, 4.69) is 32.7 Å². The molecule has 2 amide bonds. The molecular weight excluding hydrogens is 356 g/mol. The fourth-order valence-electron chi connectivity index (χ4n) is 4.14. The number of aromatic amines is 2. The van der Waals surface area contributed by atoms with E-state index in [-0.39, 0.29) is 11.6 Å². The van der Waals surface area contributed by atoms with Crippen LogP contribution in [0.3, 0.4) is 0 Å². The van der Waals surface area contributed by atoms with Gasteiger partial charge in [-0.2, -0.15) is 10.5 Å². The number of hydrogen-bond acceptors (Lipinski definition) is 4. The van der Waals surface area contributed by atoms with Gasteiger partial charge in [-0.3, -0.25) is 9.59 Å². The number of H-pyrrole nitrogens is 2. The van der Waals surface area contributed by atoms with Gasteiger partial charge in [-0.15, -0.1) is 0 Å². The van der Waals surface area contributed by atoms with Crippen LogP contribution in [-0.4, -0.2) is 21.8 Å². The third-order valence-corrected chi connectivity index (χ3v) is 5.50. The summed E-state index contributed by atoms with van der Waals surface area (Å²) < 4.78 is 0. The Labute approximate surface area is 161 Å². The number of rotatable bonds is 2. The topological polar surface area (TPSA) is 137 Å². The van der Waals surface area contributed by atoms with Crippen molar-refractivity contribution in [3.8, 4) is 12.1 Å². The van der Waals surface area contributed by atoms with E-state index < -0.39 is 11.8 Å². The average Bonchev–Trinajstić information content (AvgIpc) is 3.24. The Bertz CT molecular complexity index is 962. The zero-order chi connectivity index (χ0) is 19.7. The van der Waals surface area contributed by atoms with Gasteiger partial charge < -0.3 is 20.6 Å². The Kier molecular flexibility index (Phi) is 4.62. The monoisotopic (exact) mass is 376 g/mol. The first-order valence-electron chi connectivity index (χ1n) is 9.52. The first kappa shape index (κ1) is 17.9. The van der Waals surface area contributed by atoms with Crippen LogP contribution in [0.5, 0.6) is 0 Å². The summed E-state index contributed by atoms with van der Waals surface area (Å²) in [6.45, 7) is 0. The van der Waals surface area contributed by atoms with E-state index in [0.717, 1.165) is 73.9 Å². The van der Waals surface area contributed by atoms with Gasteiger partial charge in [0.15, 0.2) is 0 Å². The Balaban J connectivity index is 1.52. The van der Waals surface area contributed by atoms with Gasteiger partial charge in [-0.05, 0) is 62.5 Å². The molecule has 2 heterocycles. The maximum absolute atomic E-state index is 12.4. The molecule has 0 radical (unpaired) electrons. The van der Waals surface area contributed by atoms with Crippen LogP contribution in [0.1, 0.15) is 59.3 Å². The molecule has 2 aliphatic rings. The van der Waals surface area contributed by atoms with E-state index in [9.17, 15) is 20.1 Å². The highest BCUT2D eigenvalue weighted by Gasteiger charge is 2.25. The number of aryl methyl sites for hydroxylation is 2. The Hall–Kier alpha value is -3.52. The molecule has 0 unspecified atom stereocenters. The summed E-state index contributed by atoms with van der Waals surface area (Å²) in [5.41, 5.74) is 4.53. The van der Waals surface area contributed by atoms with E-state index in [0.29, 0.717) is 11.1 Å². The van der Waals surface area contributed by atoms with E-state index >= 15 is 0 Å². The summed E-state index contributed by atoms with van der Waals surface area (Å²) in [6.07, 6.45) is 7.29. The molecule has 4 N–H and O–H groups in total. The second kappa shape index (κ2) is 7.24. The zero-order valence-corrected chi connectivity index (χ0v) is 15.4. The zero-order valence-electron chi connectivity index (χ0n) is 15.4. The van der Waals surface area contributed by atoms with Crippen molar-refractivity contribution < 1.29 is 9.59 Å². The predicted octanol–water partition coefficient (Wildman–Crippen LogP) is 2.42. The fraction of sp³-hybridized carbons (Fsp3) is 0.400. The Morgan fingerprint density at radius 1 is 0.714 bits per heavy atom. The number of amides is 2. The van der Waals surface area contributed by atoms with E-state index in [1.54, 1.807) is 0 Å². The van der Waals surface area contributed by atoms with Crippen molar-refractivity contribution in [3.05, 3.63) is 33.6 Å². The number of nitrogens with zero attached hydrogens (tertiary/aromatic N) is 2. The number of aromatic nitrogens is 2. The molecule has 0 saturated carbocycles. The summed E-state index contributed by atoms with van der Waals surface area (Å²) in [4.78, 5) is 30.9. The van der Waals surface area contributed by atoms with Crippen LogP contribution in [0.4, 0.5) is 11.6 Å². The fourth-order valence-corrected chi connectivity index (χ4v) is 4.14. The SMILES string of the molecule is N#Cc1c(NC(=O)C(=O)Nc2[nH]c3c(c2C#N)CCCC3)[nH]c2c1CCCC2. The lowest BCUT2D eigenvalue weighted by Gasteiger charge is -2.09. The smallest absolute Gasteiger partial charge is 0.315 e. The minimum Gasteiger partial charge on any atom is -0.344 e. The van der Waals surface area contributed by atoms with Gasteiger partial charge in [-0.25, -0.2) is 0 Å². The molecular formula is C20H20N6O2. The number of carbonyl (C=O) groups is 2. The molecule has 142 valence electrons. The minimum absolute atomic E-state index is 0.265. The highest BCUT2D eigenvalue weighted by Crippen LogP contribution is 2.30. The van der Waals surface area contributed by atoms with E-state index in [1.807, 2.05) is 0 Å². The molecule has 0 atom stereocenters. The van der Waals surface area contributed by atoms with Gasteiger partial charge in [0.1, 0.15) is 23.8 Å². The van der Waals surface area contributed by atoms with E-state index in [1.165, 1.54) is 0 Å². The maximum Gasteiger partial charge on any atom is 0.315 e. The van der Waals surface area contributed by atoms with Crippen molar-refractivity contribution in [2.45, 2.75) is 51.4 Å². The Morgan fingerprint density at radius 3 is 1.50 bits per heavy atom. The summed E-state index contributed by atoms with van der Waals surface area (Å²) in [5.74, 6) is -1.24. The van der Waals surface area contributed by atoms with Gasteiger partial charge >= 0.3 is 11.8 Å². The van der Waals surface area contributed by atoms with Crippen molar-refractivity contribution in [1.29, 1.82) is 10.5 Å². The van der Waals surface area contributed by atoms with Crippen LogP contribution < -0.4 is 10.6 Å². The summed E-state index contributed by atoms with van der Waals surface area (Å²) in [5, 5.41) is 23.9. The summed E-state index contributed by atoms with van der Waals surface area (Å²) >= 11 is 0. The number of carbonyl (C=O) groups excluding carboxylic acids is 2. The molecule has 0 aromatic carbocycles. The molecule has 0 bridgehead atoms. The van der Waals surface area contributed by atoms with Crippen molar-refractivity contribution >= 4 is 23.5 Å². The van der Waals surface area contributed by atoms with Crippen LogP contribution in [0, 0.1) is 22.7 Å². The maximum atomic E-state index is 12.4. The largest absolute Gasteiger partial charge is 0.344 e. The third kappa shape index (κ3) is 3.03. The number of anilines is 2. The second-order valence-electron chi connectivity index (χ2n) is 7.21. The molecule has 2 aromatic rings. The number of hydrogen-bond donors (Lipinski definition) is 4. The lowest BCUT2D eigenvalue weighted by atomic mass is 9.95. The minimum atomic E-state index is -0.883. The molecule has 28 heavy (non-hydrogen) atoms. The molecule has 8 nitrogen and oxygen atoms in total. The third-order valence-electron chi connectivity index (χ3n) is 5.50. The normalized spacial score (nSPS) is 14.9. The quantitative estimate of drug-likeness (QED) is 0.598. The summed E-state index contributed by atoms with van der Waals surface area (Å²) in [6, 6.07) is 4.24. The first-order chi connectivity index (χ1) is 13.6. The molecule has 4 rings (SSSR count). The first-order valence-corrected chi connectivity index (χ1v) is 9.52. The van der Waals surface area contributed by atoms with Crippen LogP contribution in [0.25, 0.3) is 0 Å². The van der Waals surface area contributed by atoms with E-state index in [4.69, 9.17) is 0 Å². The molecule has 0 spiro atoms. The highest BCUT2D eigenvalue weighted by atomic mass is 16.2. The van der Waals surface area contributed by atoms with Crippen molar-refractivity contribution in [2.75, 3.05) is 10.6 Å². The molecule has 0 fully saturated rings. The van der Waals surface area contributed by atoms with Crippen molar-refractivity contribution in [2.24, 2.45) is 0 Å². The molecule has 0 saturated heterocycles. The van der Waals surface area contributed by atoms with Gasteiger partial charge in [0, 0.05) is 11.4 Å². The highest BCUT2D eigenvalue weighted by molar-refractivity contribution is 6.43. The number of nitriles is 2. The van der Waals surface area contributed by atoms with Crippen LogP contribution in [-0.2, 0) is 35.3 Å². The molecule has 2 aliphatic carbocycles. The predicted molar refractivity (Wildman–Crippen MR) is 102 cm³/mol. The van der Waals surface area contributed by atoms with Crippen molar-refractivity contribution in [3.63, 3.8) is 0 Å². The van der Waals surface area contributed by atoms with Gasteiger partial charge in [-0.1, -0.05) is 0 Å². The van der Waals surface area contributed by atoms with Crippen LogP contribution >= 0.6 is 0 Å². The lowest BCUT2D eigenvalue weighted by Crippen LogP contribution is -2.30. The summed E-state index contributed by atoms with van der Waals surface area (Å²) in [7, 11) is 0. The van der Waals surface area contributed by atoms with Gasteiger partial charge in [0.2, 0.25) is 0 Å². The number of fused-ring (bicyclic) bond motifs is 2. The Morgan fingerprint density at radius 2 is 1.11 bits per heavy atom. The number of nitrogens with one attached hydrogen (secondary N) is 4. The van der Waals surface area contributed by atoms with Crippen molar-refractivity contribution in [1.82, 2.24) is 9.97 Å². The molecule has 2 aromatic heterocycles. The lowest BCUT2D eigenvalue weighted by molar-refractivity contribution is -0.133. The molecule has 8 heteroatoms.